The lowest BCUT2D eigenvalue weighted by Gasteiger charge is -2.07. The maximum Gasteiger partial charge on any atom is 0.338 e. The van der Waals surface area contributed by atoms with E-state index < -0.39 is 11.9 Å². The number of anilines is 1. The number of hydrogen-bond acceptors (Lipinski definition) is 6. The maximum atomic E-state index is 12.3. The average molecular weight is 366 g/mol. The van der Waals surface area contributed by atoms with Crippen molar-refractivity contribution in [2.45, 2.75) is 6.92 Å². The highest BCUT2D eigenvalue weighted by atomic mass is 16.5. The molecule has 2 N–H and O–H groups in total. The molecule has 2 rings (SSSR count). The molecule has 1 amide bonds. The first-order valence-electron chi connectivity index (χ1n) is 8.05. The van der Waals surface area contributed by atoms with Crippen molar-refractivity contribution in [3.63, 3.8) is 0 Å². The van der Waals surface area contributed by atoms with Gasteiger partial charge in [0.2, 0.25) is 0 Å². The van der Waals surface area contributed by atoms with E-state index in [2.05, 4.69) is 5.32 Å². The molecule has 27 heavy (non-hydrogen) atoms. The minimum Gasteiger partial charge on any atom is -0.507 e. The number of aromatic hydroxyl groups is 1. The fourth-order valence-electron chi connectivity index (χ4n) is 2.18. The molecule has 0 saturated heterocycles. The zero-order chi connectivity index (χ0) is 19.8. The topological polar surface area (TPSA) is 109 Å². The van der Waals surface area contributed by atoms with E-state index in [9.17, 15) is 20.0 Å². The van der Waals surface area contributed by atoms with Crippen molar-refractivity contribution in [2.24, 2.45) is 0 Å². The second kappa shape index (κ2) is 9.06. The number of rotatable bonds is 6. The number of phenolic OH excluding ortho intramolecular Hbond substituents is 1. The van der Waals surface area contributed by atoms with Gasteiger partial charge in [0.1, 0.15) is 23.1 Å². The highest BCUT2D eigenvalue weighted by molar-refractivity contribution is 6.10. The smallest absolute Gasteiger partial charge is 0.338 e. The van der Waals surface area contributed by atoms with E-state index in [4.69, 9.17) is 9.47 Å². The van der Waals surface area contributed by atoms with Gasteiger partial charge in [0, 0.05) is 11.3 Å². The standard InChI is InChI=1S/C20H18N2O5/c1-3-27-20(25)13-4-6-16(7-5-13)22-19(24)15(12-21)10-14-11-17(26-2)8-9-18(14)23/h4-11,23H,3H2,1-2H3,(H,22,24). The summed E-state index contributed by atoms with van der Waals surface area (Å²) >= 11 is 0. The molecule has 0 heterocycles. The predicted molar refractivity (Wildman–Crippen MR) is 99.3 cm³/mol. The Bertz CT molecular complexity index is 911. The molecule has 7 nitrogen and oxygen atoms in total. The number of carbonyl (C=O) groups excluding carboxylic acids is 2. The number of nitrogens with one attached hydrogen (secondary N) is 1. The number of nitriles is 1. The number of nitrogens with zero attached hydrogens (tertiary/aromatic N) is 1. The van der Waals surface area contributed by atoms with Gasteiger partial charge in [0.05, 0.1) is 19.3 Å². The third kappa shape index (κ3) is 5.09. The lowest BCUT2D eigenvalue weighted by molar-refractivity contribution is -0.112. The minimum absolute atomic E-state index is 0.0878. The van der Waals surface area contributed by atoms with Crippen molar-refractivity contribution >= 4 is 23.6 Å². The number of methoxy groups -OCH3 is 1. The van der Waals surface area contributed by atoms with E-state index in [-0.39, 0.29) is 23.5 Å². The Kier molecular flexibility index (Phi) is 6.55. The fourth-order valence-corrected chi connectivity index (χ4v) is 2.18. The molecule has 0 aromatic heterocycles. The number of phenols is 1. The van der Waals surface area contributed by atoms with Crippen LogP contribution in [0.3, 0.4) is 0 Å². The van der Waals surface area contributed by atoms with Gasteiger partial charge in [-0.05, 0) is 55.5 Å². The number of amides is 1. The van der Waals surface area contributed by atoms with Crippen molar-refractivity contribution in [3.8, 4) is 17.6 Å². The van der Waals surface area contributed by atoms with Crippen LogP contribution in [0.5, 0.6) is 11.5 Å². The zero-order valence-electron chi connectivity index (χ0n) is 14.9. The van der Waals surface area contributed by atoms with Gasteiger partial charge in [-0.1, -0.05) is 0 Å². The van der Waals surface area contributed by atoms with Gasteiger partial charge in [-0.25, -0.2) is 4.79 Å². The number of ether oxygens (including phenoxy) is 2. The van der Waals surface area contributed by atoms with Crippen LogP contribution in [0.1, 0.15) is 22.8 Å². The molecule has 0 spiro atoms. The Hall–Kier alpha value is -3.79. The Morgan fingerprint density at radius 1 is 1.22 bits per heavy atom. The summed E-state index contributed by atoms with van der Waals surface area (Å²) in [6.07, 6.45) is 1.26. The van der Waals surface area contributed by atoms with Crippen LogP contribution < -0.4 is 10.1 Å². The van der Waals surface area contributed by atoms with Gasteiger partial charge < -0.3 is 19.9 Å². The first kappa shape index (κ1) is 19.5. The normalized spacial score (nSPS) is 10.6. The van der Waals surface area contributed by atoms with Crippen LogP contribution in [-0.4, -0.2) is 30.7 Å². The Balaban J connectivity index is 2.18. The van der Waals surface area contributed by atoms with Gasteiger partial charge >= 0.3 is 5.97 Å². The first-order valence-corrected chi connectivity index (χ1v) is 8.05. The van der Waals surface area contributed by atoms with Gasteiger partial charge in [0.25, 0.3) is 5.91 Å². The van der Waals surface area contributed by atoms with Gasteiger partial charge in [0.15, 0.2) is 0 Å². The highest BCUT2D eigenvalue weighted by Crippen LogP contribution is 2.25. The molecular formula is C20H18N2O5. The first-order chi connectivity index (χ1) is 13.0. The van der Waals surface area contributed by atoms with Crippen LogP contribution in [0.15, 0.2) is 48.0 Å². The molecule has 0 aliphatic rings. The summed E-state index contributed by atoms with van der Waals surface area (Å²) in [5.41, 5.74) is 0.836. The summed E-state index contributed by atoms with van der Waals surface area (Å²) in [5, 5.41) is 21.7. The third-order valence-corrected chi connectivity index (χ3v) is 3.55. The van der Waals surface area contributed by atoms with Crippen LogP contribution in [-0.2, 0) is 9.53 Å². The molecule has 138 valence electrons. The van der Waals surface area contributed by atoms with E-state index in [1.54, 1.807) is 19.1 Å². The second-order valence-corrected chi connectivity index (χ2v) is 5.35. The molecule has 0 atom stereocenters. The average Bonchev–Trinajstić information content (AvgIpc) is 2.68. The Morgan fingerprint density at radius 2 is 1.93 bits per heavy atom. The third-order valence-electron chi connectivity index (χ3n) is 3.55. The Labute approximate surface area is 156 Å². The molecule has 0 fully saturated rings. The van der Waals surface area contributed by atoms with Crippen LogP contribution in [0.25, 0.3) is 6.08 Å². The van der Waals surface area contributed by atoms with E-state index in [1.165, 1.54) is 49.6 Å². The minimum atomic E-state index is -0.649. The fraction of sp³-hybridized carbons (Fsp3) is 0.150. The lowest BCUT2D eigenvalue weighted by atomic mass is 10.1. The highest BCUT2D eigenvalue weighted by Gasteiger charge is 2.12. The molecule has 0 radical (unpaired) electrons. The number of esters is 1. The van der Waals surface area contributed by atoms with Gasteiger partial charge in [-0.2, -0.15) is 5.26 Å². The van der Waals surface area contributed by atoms with Crippen molar-refractivity contribution in [1.82, 2.24) is 0 Å². The molecule has 0 saturated carbocycles. The largest absolute Gasteiger partial charge is 0.507 e. The SMILES string of the molecule is CCOC(=O)c1ccc(NC(=O)C(C#N)=Cc2cc(OC)ccc2O)cc1. The molecule has 7 heteroatoms. The number of benzene rings is 2. The Morgan fingerprint density at radius 3 is 2.52 bits per heavy atom. The molecule has 0 unspecified atom stereocenters. The summed E-state index contributed by atoms with van der Waals surface area (Å²) in [6.45, 7) is 1.98. The van der Waals surface area contributed by atoms with E-state index >= 15 is 0 Å². The van der Waals surface area contributed by atoms with Gasteiger partial charge in [-0.3, -0.25) is 4.79 Å². The monoisotopic (exact) mass is 366 g/mol. The maximum absolute atomic E-state index is 12.3. The molecule has 0 aliphatic carbocycles. The summed E-state index contributed by atoms with van der Waals surface area (Å²) in [4.78, 5) is 24.0. The lowest BCUT2D eigenvalue weighted by Crippen LogP contribution is -2.13. The number of hydrogen-bond donors (Lipinski definition) is 2. The van der Waals surface area contributed by atoms with E-state index in [0.717, 1.165) is 0 Å². The van der Waals surface area contributed by atoms with E-state index in [0.29, 0.717) is 17.0 Å². The zero-order valence-corrected chi connectivity index (χ0v) is 14.9. The van der Waals surface area contributed by atoms with E-state index in [1.807, 2.05) is 0 Å². The number of carbonyl (C=O) groups is 2. The van der Waals surface area contributed by atoms with Crippen molar-refractivity contribution in [2.75, 3.05) is 19.0 Å². The summed E-state index contributed by atoms with van der Waals surface area (Å²) < 4.78 is 9.96. The molecular weight excluding hydrogens is 348 g/mol. The quantitative estimate of drug-likeness (QED) is 0.462. The molecule has 0 bridgehead atoms. The predicted octanol–water partition coefficient (Wildman–Crippen LogP) is 3.12. The van der Waals surface area contributed by atoms with Gasteiger partial charge in [-0.15, -0.1) is 0 Å². The second-order valence-electron chi connectivity index (χ2n) is 5.35. The molecule has 0 aliphatic heterocycles. The summed E-state index contributed by atoms with van der Waals surface area (Å²) in [5.74, 6) is -0.716. The van der Waals surface area contributed by atoms with Crippen molar-refractivity contribution in [3.05, 3.63) is 59.2 Å². The summed E-state index contributed by atoms with van der Waals surface area (Å²) in [7, 11) is 1.47. The molecule has 2 aromatic carbocycles. The summed E-state index contributed by atoms with van der Waals surface area (Å²) in [6, 6.07) is 12.4. The van der Waals surface area contributed by atoms with Crippen molar-refractivity contribution < 1.29 is 24.2 Å². The van der Waals surface area contributed by atoms with Crippen LogP contribution in [0.4, 0.5) is 5.69 Å². The molecule has 2 aromatic rings. The van der Waals surface area contributed by atoms with Crippen LogP contribution in [0, 0.1) is 11.3 Å². The van der Waals surface area contributed by atoms with Crippen LogP contribution in [0.2, 0.25) is 0 Å². The van der Waals surface area contributed by atoms with Crippen molar-refractivity contribution in [1.29, 1.82) is 5.26 Å². The van der Waals surface area contributed by atoms with Crippen LogP contribution >= 0.6 is 0 Å².